The van der Waals surface area contributed by atoms with Crippen LogP contribution in [0.5, 0.6) is 0 Å². The standard InChI is InChI=1S/C20H19Cl2FN2O/c1-11-20-14(15-9-13(21)3-5-18(15)24-20)6-7-25(11)10-19(26)12-2-4-17(23)16(22)8-12/h2-5,8-9,11,19,24,26H,6-7,10H2,1H3. The largest absolute Gasteiger partial charge is 0.387 e. The van der Waals surface area contributed by atoms with Crippen LogP contribution in [-0.2, 0) is 6.42 Å². The molecule has 0 saturated heterocycles. The number of nitrogens with one attached hydrogen (secondary N) is 1. The monoisotopic (exact) mass is 392 g/mol. The molecule has 4 rings (SSSR count). The van der Waals surface area contributed by atoms with Crippen molar-refractivity contribution in [3.05, 3.63) is 69.1 Å². The zero-order valence-corrected chi connectivity index (χ0v) is 15.8. The molecule has 0 fully saturated rings. The molecule has 3 nitrogen and oxygen atoms in total. The van der Waals surface area contributed by atoms with Gasteiger partial charge >= 0.3 is 0 Å². The number of aromatic nitrogens is 1. The Hall–Kier alpha value is -1.59. The molecule has 0 spiro atoms. The summed E-state index contributed by atoms with van der Waals surface area (Å²) < 4.78 is 13.3. The van der Waals surface area contributed by atoms with Crippen LogP contribution in [0.1, 0.15) is 35.9 Å². The van der Waals surface area contributed by atoms with Gasteiger partial charge in [0, 0.05) is 40.8 Å². The highest BCUT2D eigenvalue weighted by Gasteiger charge is 2.29. The number of halogens is 3. The molecule has 0 radical (unpaired) electrons. The molecular formula is C20H19Cl2FN2O. The van der Waals surface area contributed by atoms with Crippen molar-refractivity contribution in [3.8, 4) is 0 Å². The molecule has 1 aliphatic heterocycles. The number of rotatable bonds is 3. The van der Waals surface area contributed by atoms with E-state index >= 15 is 0 Å². The van der Waals surface area contributed by atoms with Crippen molar-refractivity contribution < 1.29 is 9.50 Å². The van der Waals surface area contributed by atoms with Crippen LogP contribution >= 0.6 is 23.2 Å². The van der Waals surface area contributed by atoms with Gasteiger partial charge in [-0.3, -0.25) is 4.90 Å². The smallest absolute Gasteiger partial charge is 0.141 e. The maximum Gasteiger partial charge on any atom is 0.141 e. The zero-order valence-electron chi connectivity index (χ0n) is 14.3. The first-order valence-corrected chi connectivity index (χ1v) is 9.36. The van der Waals surface area contributed by atoms with Crippen LogP contribution in [-0.4, -0.2) is 28.1 Å². The van der Waals surface area contributed by atoms with Crippen LogP contribution in [0, 0.1) is 5.82 Å². The van der Waals surface area contributed by atoms with Gasteiger partial charge in [-0.2, -0.15) is 0 Å². The second kappa shape index (κ2) is 6.86. The van der Waals surface area contributed by atoms with Crippen molar-refractivity contribution in [2.75, 3.05) is 13.1 Å². The molecule has 0 saturated carbocycles. The Morgan fingerprint density at radius 3 is 2.85 bits per heavy atom. The Balaban J connectivity index is 1.58. The van der Waals surface area contributed by atoms with Crippen molar-refractivity contribution >= 4 is 34.1 Å². The number of H-pyrrole nitrogens is 1. The maximum absolute atomic E-state index is 13.3. The molecule has 0 amide bonds. The van der Waals surface area contributed by atoms with Crippen LogP contribution in [0.15, 0.2) is 36.4 Å². The topological polar surface area (TPSA) is 39.3 Å². The first-order valence-electron chi connectivity index (χ1n) is 8.61. The summed E-state index contributed by atoms with van der Waals surface area (Å²) in [5.41, 5.74) is 4.17. The average molecular weight is 393 g/mol. The van der Waals surface area contributed by atoms with Crippen molar-refractivity contribution in [1.82, 2.24) is 9.88 Å². The Labute approximate surface area is 161 Å². The lowest BCUT2D eigenvalue weighted by molar-refractivity contribution is 0.0856. The van der Waals surface area contributed by atoms with Crippen LogP contribution in [0.25, 0.3) is 10.9 Å². The van der Waals surface area contributed by atoms with Gasteiger partial charge in [0.05, 0.1) is 11.1 Å². The predicted molar refractivity (Wildman–Crippen MR) is 103 cm³/mol. The van der Waals surface area contributed by atoms with E-state index in [1.54, 1.807) is 6.07 Å². The third-order valence-electron chi connectivity index (χ3n) is 5.25. The summed E-state index contributed by atoms with van der Waals surface area (Å²) in [5.74, 6) is -0.477. The first kappa shape index (κ1) is 17.8. The SMILES string of the molecule is CC1c2[nH]c3ccc(Cl)cc3c2CCN1CC(O)c1ccc(F)c(Cl)c1. The fourth-order valence-corrected chi connectivity index (χ4v) is 4.16. The highest BCUT2D eigenvalue weighted by molar-refractivity contribution is 6.31. The van der Waals surface area contributed by atoms with E-state index in [9.17, 15) is 9.50 Å². The van der Waals surface area contributed by atoms with Crippen molar-refractivity contribution in [3.63, 3.8) is 0 Å². The molecular weight excluding hydrogens is 374 g/mol. The Kier molecular flexibility index (Phi) is 4.70. The van der Waals surface area contributed by atoms with Gasteiger partial charge in [-0.25, -0.2) is 4.39 Å². The highest BCUT2D eigenvalue weighted by Crippen LogP contribution is 2.36. The van der Waals surface area contributed by atoms with Crippen molar-refractivity contribution in [2.24, 2.45) is 0 Å². The maximum atomic E-state index is 13.3. The van der Waals surface area contributed by atoms with E-state index in [0.29, 0.717) is 12.1 Å². The highest BCUT2D eigenvalue weighted by atomic mass is 35.5. The predicted octanol–water partition coefficient (Wildman–Crippen LogP) is 5.27. The second-order valence-electron chi connectivity index (χ2n) is 6.82. The number of aliphatic hydroxyl groups is 1. The molecule has 0 bridgehead atoms. The summed E-state index contributed by atoms with van der Waals surface area (Å²) in [4.78, 5) is 5.72. The van der Waals surface area contributed by atoms with E-state index < -0.39 is 11.9 Å². The molecule has 0 aliphatic carbocycles. The van der Waals surface area contributed by atoms with E-state index in [0.717, 1.165) is 29.2 Å². The lowest BCUT2D eigenvalue weighted by Gasteiger charge is -2.35. The first-order chi connectivity index (χ1) is 12.4. The number of hydrogen-bond donors (Lipinski definition) is 2. The van der Waals surface area contributed by atoms with Gasteiger partial charge < -0.3 is 10.1 Å². The molecule has 1 aromatic heterocycles. The number of aromatic amines is 1. The summed E-state index contributed by atoms with van der Waals surface area (Å²) in [6.07, 6.45) is 0.160. The average Bonchev–Trinajstić information content (AvgIpc) is 2.98. The number of fused-ring (bicyclic) bond motifs is 3. The molecule has 2 heterocycles. The van der Waals surface area contributed by atoms with Gasteiger partial charge in [-0.1, -0.05) is 29.3 Å². The number of hydrogen-bond acceptors (Lipinski definition) is 2. The summed E-state index contributed by atoms with van der Waals surface area (Å²) in [5, 5.41) is 12.5. The molecule has 2 atom stereocenters. The fourth-order valence-electron chi connectivity index (χ4n) is 3.79. The quantitative estimate of drug-likeness (QED) is 0.637. The van der Waals surface area contributed by atoms with E-state index in [1.165, 1.54) is 23.1 Å². The number of benzene rings is 2. The minimum Gasteiger partial charge on any atom is -0.387 e. The van der Waals surface area contributed by atoms with Crippen molar-refractivity contribution in [1.29, 1.82) is 0 Å². The minimum atomic E-state index is -0.726. The van der Waals surface area contributed by atoms with Gasteiger partial charge in [0.1, 0.15) is 5.82 Å². The zero-order chi connectivity index (χ0) is 18.4. The van der Waals surface area contributed by atoms with Crippen LogP contribution in [0.2, 0.25) is 10.0 Å². The van der Waals surface area contributed by atoms with Crippen LogP contribution in [0.4, 0.5) is 4.39 Å². The molecule has 2 unspecified atom stereocenters. The molecule has 2 aromatic carbocycles. The Morgan fingerprint density at radius 2 is 2.08 bits per heavy atom. The molecule has 6 heteroatoms. The number of β-amino-alcohol motifs (C(OH)–C–C–N with tert-alkyl or cyclic N) is 1. The van der Waals surface area contributed by atoms with Gasteiger partial charge in [0.2, 0.25) is 0 Å². The second-order valence-corrected chi connectivity index (χ2v) is 7.66. The molecule has 1 aliphatic rings. The lowest BCUT2D eigenvalue weighted by atomic mass is 9.97. The minimum absolute atomic E-state index is 0.0306. The van der Waals surface area contributed by atoms with E-state index in [1.807, 2.05) is 18.2 Å². The molecule has 2 N–H and O–H groups in total. The van der Waals surface area contributed by atoms with E-state index in [4.69, 9.17) is 23.2 Å². The summed E-state index contributed by atoms with van der Waals surface area (Å²) in [6.45, 7) is 3.41. The Morgan fingerprint density at radius 1 is 1.27 bits per heavy atom. The number of nitrogens with zero attached hydrogens (tertiary/aromatic N) is 1. The summed E-state index contributed by atoms with van der Waals surface area (Å²) in [7, 11) is 0. The van der Waals surface area contributed by atoms with E-state index in [-0.39, 0.29) is 11.1 Å². The van der Waals surface area contributed by atoms with Gasteiger partial charge in [0.25, 0.3) is 0 Å². The summed E-state index contributed by atoms with van der Waals surface area (Å²) in [6, 6.07) is 10.4. The molecule has 3 aromatic rings. The summed E-state index contributed by atoms with van der Waals surface area (Å²) >= 11 is 12.0. The normalized spacial score (nSPS) is 18.9. The Bertz CT molecular complexity index is 972. The van der Waals surface area contributed by atoms with Gasteiger partial charge in [-0.05, 0) is 54.8 Å². The van der Waals surface area contributed by atoms with Gasteiger partial charge in [0.15, 0.2) is 0 Å². The third-order valence-corrected chi connectivity index (χ3v) is 5.78. The van der Waals surface area contributed by atoms with Crippen LogP contribution < -0.4 is 0 Å². The third kappa shape index (κ3) is 3.12. The molecule has 136 valence electrons. The fraction of sp³-hybridized carbons (Fsp3) is 0.300. The van der Waals surface area contributed by atoms with Crippen LogP contribution in [0.3, 0.4) is 0 Å². The van der Waals surface area contributed by atoms with E-state index in [2.05, 4.69) is 16.8 Å². The van der Waals surface area contributed by atoms with Crippen molar-refractivity contribution in [2.45, 2.75) is 25.5 Å². The molecule has 26 heavy (non-hydrogen) atoms. The van der Waals surface area contributed by atoms with Gasteiger partial charge in [-0.15, -0.1) is 0 Å². The lowest BCUT2D eigenvalue weighted by Crippen LogP contribution is -2.36. The number of aliphatic hydroxyl groups excluding tert-OH is 1.